The molecule has 1 aliphatic heterocycles. The molecule has 26 heavy (non-hydrogen) atoms. The molecule has 2 atom stereocenters. The molecule has 2 aromatic rings. The molecule has 0 spiro atoms. The molecule has 0 saturated carbocycles. The SMILES string of the molecule is Cc1ccc(N2C[C@H](NC(=O)[C@@H]3CCc4nc(C)[nH]c4C3)CC2=O)cc1. The van der Waals surface area contributed by atoms with Gasteiger partial charge in [-0.05, 0) is 38.8 Å². The van der Waals surface area contributed by atoms with Crippen LogP contribution in [0.1, 0.15) is 35.6 Å². The second-order valence-electron chi connectivity index (χ2n) is 7.44. The van der Waals surface area contributed by atoms with Gasteiger partial charge < -0.3 is 15.2 Å². The lowest BCUT2D eigenvalue weighted by molar-refractivity contribution is -0.126. The van der Waals surface area contributed by atoms with Crippen LogP contribution in [0.3, 0.4) is 0 Å². The van der Waals surface area contributed by atoms with E-state index >= 15 is 0 Å². The average Bonchev–Trinajstić information content (AvgIpc) is 3.16. The second-order valence-corrected chi connectivity index (χ2v) is 7.44. The Hall–Kier alpha value is -2.63. The number of carbonyl (C=O) groups excluding carboxylic acids is 2. The van der Waals surface area contributed by atoms with Crippen LogP contribution in [0.5, 0.6) is 0 Å². The lowest BCUT2D eigenvalue weighted by atomic mass is 9.89. The smallest absolute Gasteiger partial charge is 0.229 e. The number of benzene rings is 1. The molecule has 2 amide bonds. The summed E-state index contributed by atoms with van der Waals surface area (Å²) in [6, 6.07) is 7.80. The van der Waals surface area contributed by atoms with Gasteiger partial charge in [0.1, 0.15) is 5.82 Å². The number of aromatic amines is 1. The summed E-state index contributed by atoms with van der Waals surface area (Å²) in [5.41, 5.74) is 4.23. The first-order valence-corrected chi connectivity index (χ1v) is 9.21. The van der Waals surface area contributed by atoms with Crippen LogP contribution < -0.4 is 10.2 Å². The summed E-state index contributed by atoms with van der Waals surface area (Å²) in [6.45, 7) is 4.50. The van der Waals surface area contributed by atoms with Crippen LogP contribution in [-0.4, -0.2) is 34.4 Å². The number of fused-ring (bicyclic) bond motifs is 1. The van der Waals surface area contributed by atoms with Gasteiger partial charge >= 0.3 is 0 Å². The zero-order valence-corrected chi connectivity index (χ0v) is 15.2. The van der Waals surface area contributed by atoms with E-state index in [0.717, 1.165) is 41.3 Å². The third kappa shape index (κ3) is 3.23. The summed E-state index contributed by atoms with van der Waals surface area (Å²) < 4.78 is 0. The number of carbonyl (C=O) groups is 2. The third-order valence-corrected chi connectivity index (χ3v) is 5.35. The highest BCUT2D eigenvalue weighted by Gasteiger charge is 2.34. The molecule has 4 rings (SSSR count). The monoisotopic (exact) mass is 352 g/mol. The number of H-pyrrole nitrogens is 1. The minimum absolute atomic E-state index is 0.0476. The number of nitrogens with zero attached hydrogens (tertiary/aromatic N) is 2. The van der Waals surface area contributed by atoms with E-state index in [1.807, 2.05) is 38.1 Å². The maximum absolute atomic E-state index is 12.7. The van der Waals surface area contributed by atoms with Crippen molar-refractivity contribution >= 4 is 17.5 Å². The van der Waals surface area contributed by atoms with Gasteiger partial charge in [0.05, 0.1) is 11.7 Å². The van der Waals surface area contributed by atoms with Gasteiger partial charge in [-0.2, -0.15) is 0 Å². The first-order valence-electron chi connectivity index (χ1n) is 9.21. The second kappa shape index (κ2) is 6.59. The number of imidazole rings is 1. The topological polar surface area (TPSA) is 78.1 Å². The van der Waals surface area contributed by atoms with Crippen LogP contribution in [0, 0.1) is 19.8 Å². The quantitative estimate of drug-likeness (QED) is 0.887. The molecular formula is C20H24N4O2. The normalized spacial score (nSPS) is 22.4. The number of aryl methyl sites for hydroxylation is 3. The summed E-state index contributed by atoms with van der Waals surface area (Å²) in [5.74, 6) is 0.970. The fraction of sp³-hybridized carbons (Fsp3) is 0.450. The van der Waals surface area contributed by atoms with E-state index < -0.39 is 0 Å². The summed E-state index contributed by atoms with van der Waals surface area (Å²) >= 11 is 0. The highest BCUT2D eigenvalue weighted by molar-refractivity contribution is 5.97. The molecule has 2 heterocycles. The summed E-state index contributed by atoms with van der Waals surface area (Å²) in [6.07, 6.45) is 2.70. The van der Waals surface area contributed by atoms with Crippen LogP contribution in [0.15, 0.2) is 24.3 Å². The van der Waals surface area contributed by atoms with Gasteiger partial charge in [0, 0.05) is 36.7 Å². The number of hydrogen-bond acceptors (Lipinski definition) is 3. The first-order chi connectivity index (χ1) is 12.5. The van der Waals surface area contributed by atoms with Crippen molar-refractivity contribution in [1.82, 2.24) is 15.3 Å². The molecule has 1 aromatic carbocycles. The van der Waals surface area contributed by atoms with Crippen molar-refractivity contribution in [2.24, 2.45) is 5.92 Å². The predicted octanol–water partition coefficient (Wildman–Crippen LogP) is 2.05. The molecule has 1 aromatic heterocycles. The van der Waals surface area contributed by atoms with Crippen molar-refractivity contribution in [1.29, 1.82) is 0 Å². The highest BCUT2D eigenvalue weighted by Crippen LogP contribution is 2.26. The van der Waals surface area contributed by atoms with Crippen molar-refractivity contribution in [3.05, 3.63) is 47.0 Å². The van der Waals surface area contributed by atoms with Gasteiger partial charge in [0.25, 0.3) is 0 Å². The van der Waals surface area contributed by atoms with Crippen molar-refractivity contribution in [3.63, 3.8) is 0 Å². The molecule has 6 heteroatoms. The van der Waals surface area contributed by atoms with E-state index in [1.165, 1.54) is 0 Å². The molecular weight excluding hydrogens is 328 g/mol. The van der Waals surface area contributed by atoms with Crippen molar-refractivity contribution in [2.45, 2.75) is 45.6 Å². The van der Waals surface area contributed by atoms with Crippen molar-refractivity contribution in [3.8, 4) is 0 Å². The van der Waals surface area contributed by atoms with E-state index in [0.29, 0.717) is 19.4 Å². The minimum atomic E-state index is -0.124. The van der Waals surface area contributed by atoms with Crippen LogP contribution in [-0.2, 0) is 22.4 Å². The number of anilines is 1. The number of rotatable bonds is 3. The Morgan fingerprint density at radius 3 is 2.77 bits per heavy atom. The van der Waals surface area contributed by atoms with Gasteiger partial charge in [-0.3, -0.25) is 9.59 Å². The predicted molar refractivity (Wildman–Crippen MR) is 98.9 cm³/mol. The van der Waals surface area contributed by atoms with Gasteiger partial charge in [-0.15, -0.1) is 0 Å². The van der Waals surface area contributed by atoms with Crippen molar-refractivity contribution in [2.75, 3.05) is 11.4 Å². The minimum Gasteiger partial charge on any atom is -0.351 e. The maximum Gasteiger partial charge on any atom is 0.229 e. The van der Waals surface area contributed by atoms with Crippen LogP contribution >= 0.6 is 0 Å². The molecule has 1 saturated heterocycles. The van der Waals surface area contributed by atoms with Crippen molar-refractivity contribution < 1.29 is 9.59 Å². The fourth-order valence-electron chi connectivity index (χ4n) is 3.94. The lowest BCUT2D eigenvalue weighted by Gasteiger charge is -2.23. The van der Waals surface area contributed by atoms with Gasteiger partial charge in [0.15, 0.2) is 0 Å². The number of aromatic nitrogens is 2. The Morgan fingerprint density at radius 2 is 2.00 bits per heavy atom. The Balaban J connectivity index is 1.38. The molecule has 1 aliphatic carbocycles. The number of hydrogen-bond donors (Lipinski definition) is 2. The van der Waals surface area contributed by atoms with Crippen LogP contribution in [0.2, 0.25) is 0 Å². The summed E-state index contributed by atoms with van der Waals surface area (Å²) in [7, 11) is 0. The number of amides is 2. The largest absolute Gasteiger partial charge is 0.351 e. The molecule has 2 aliphatic rings. The van der Waals surface area contributed by atoms with Gasteiger partial charge in [-0.1, -0.05) is 17.7 Å². The first kappa shape index (κ1) is 16.8. The average molecular weight is 352 g/mol. The standard InChI is InChI=1S/C20H24N4O2/c1-12-3-6-16(7-4-12)24-11-15(10-19(24)25)23-20(26)14-5-8-17-18(9-14)22-13(2)21-17/h3-4,6-7,14-15H,5,8-11H2,1-2H3,(H,21,22)(H,23,26)/t14-,15-/m1/s1. The molecule has 0 bridgehead atoms. The Labute approximate surface area is 153 Å². The van der Waals surface area contributed by atoms with E-state index in [1.54, 1.807) is 4.90 Å². The van der Waals surface area contributed by atoms with Gasteiger partial charge in [-0.25, -0.2) is 4.98 Å². The third-order valence-electron chi connectivity index (χ3n) is 5.35. The zero-order chi connectivity index (χ0) is 18.3. The molecule has 136 valence electrons. The summed E-state index contributed by atoms with van der Waals surface area (Å²) in [5, 5.41) is 3.09. The molecule has 0 unspecified atom stereocenters. The lowest BCUT2D eigenvalue weighted by Crippen LogP contribution is -2.42. The van der Waals surface area contributed by atoms with Crippen LogP contribution in [0.25, 0.3) is 0 Å². The fourth-order valence-corrected chi connectivity index (χ4v) is 3.94. The maximum atomic E-state index is 12.7. The Bertz CT molecular complexity index is 840. The highest BCUT2D eigenvalue weighted by atomic mass is 16.2. The van der Waals surface area contributed by atoms with Crippen LogP contribution in [0.4, 0.5) is 5.69 Å². The molecule has 2 N–H and O–H groups in total. The number of nitrogens with one attached hydrogen (secondary N) is 2. The molecule has 6 nitrogen and oxygen atoms in total. The Morgan fingerprint density at radius 1 is 1.23 bits per heavy atom. The molecule has 1 fully saturated rings. The Kier molecular flexibility index (Phi) is 4.26. The zero-order valence-electron chi connectivity index (χ0n) is 15.2. The van der Waals surface area contributed by atoms with E-state index in [-0.39, 0.29) is 23.8 Å². The molecule has 0 radical (unpaired) electrons. The van der Waals surface area contributed by atoms with E-state index in [9.17, 15) is 9.59 Å². The van der Waals surface area contributed by atoms with E-state index in [4.69, 9.17) is 0 Å². The van der Waals surface area contributed by atoms with Gasteiger partial charge in [0.2, 0.25) is 11.8 Å². The summed E-state index contributed by atoms with van der Waals surface area (Å²) in [4.78, 5) is 34.5. The van der Waals surface area contributed by atoms with E-state index in [2.05, 4.69) is 15.3 Å².